The van der Waals surface area contributed by atoms with E-state index < -0.39 is 0 Å². The number of benzene rings is 1. The molecule has 1 saturated heterocycles. The number of nitrogens with zero attached hydrogens (tertiary/aromatic N) is 2. The van der Waals surface area contributed by atoms with Gasteiger partial charge in [-0.3, -0.25) is 14.5 Å². The fourth-order valence-electron chi connectivity index (χ4n) is 3.41. The Morgan fingerprint density at radius 1 is 1.27 bits per heavy atom. The Kier molecular flexibility index (Phi) is 6.06. The highest BCUT2D eigenvalue weighted by molar-refractivity contribution is 7.12. The quantitative estimate of drug-likeness (QED) is 0.876. The number of anilines is 1. The summed E-state index contributed by atoms with van der Waals surface area (Å²) >= 11 is 1.39. The number of carbonyl (C=O) groups excluding carboxylic acids is 2. The molecular weight excluding hydrogens is 346 g/mol. The van der Waals surface area contributed by atoms with Crippen molar-refractivity contribution < 1.29 is 9.59 Å². The van der Waals surface area contributed by atoms with Crippen LogP contribution in [0, 0.1) is 0 Å². The summed E-state index contributed by atoms with van der Waals surface area (Å²) in [7, 11) is 2.12. The summed E-state index contributed by atoms with van der Waals surface area (Å²) in [6.07, 6.45) is 2.09. The zero-order valence-corrected chi connectivity index (χ0v) is 16.1. The number of rotatable bonds is 5. The summed E-state index contributed by atoms with van der Waals surface area (Å²) in [5, 5.41) is 4.60. The van der Waals surface area contributed by atoms with Gasteiger partial charge in [0.2, 0.25) is 5.91 Å². The van der Waals surface area contributed by atoms with Crippen LogP contribution in [-0.4, -0.2) is 47.8 Å². The fraction of sp³-hybridized carbons (Fsp3) is 0.400. The molecule has 1 aliphatic heterocycles. The van der Waals surface area contributed by atoms with Gasteiger partial charge in [0.05, 0.1) is 5.69 Å². The van der Waals surface area contributed by atoms with Gasteiger partial charge < -0.3 is 10.2 Å². The Morgan fingerprint density at radius 2 is 2.04 bits per heavy atom. The van der Waals surface area contributed by atoms with Crippen LogP contribution in [0.4, 0.5) is 5.69 Å². The van der Waals surface area contributed by atoms with Crippen LogP contribution in [0.25, 0.3) is 0 Å². The number of carbonyl (C=O) groups is 2. The normalized spacial score (nSPS) is 17.3. The Bertz CT molecular complexity index is 759. The van der Waals surface area contributed by atoms with Crippen molar-refractivity contribution in [1.29, 1.82) is 0 Å². The molecule has 0 bridgehead atoms. The van der Waals surface area contributed by atoms with Gasteiger partial charge in [-0.05, 0) is 36.9 Å². The second-order valence-corrected chi connectivity index (χ2v) is 7.71. The molecule has 3 rings (SSSR count). The van der Waals surface area contributed by atoms with E-state index in [0.717, 1.165) is 32.5 Å². The highest BCUT2D eigenvalue weighted by Gasteiger charge is 2.28. The van der Waals surface area contributed by atoms with E-state index in [1.807, 2.05) is 16.3 Å². The predicted octanol–water partition coefficient (Wildman–Crippen LogP) is 3.44. The van der Waals surface area contributed by atoms with Crippen molar-refractivity contribution >= 4 is 28.8 Å². The van der Waals surface area contributed by atoms with E-state index in [1.54, 1.807) is 6.07 Å². The van der Waals surface area contributed by atoms with Crippen LogP contribution in [0.15, 0.2) is 41.8 Å². The van der Waals surface area contributed by atoms with E-state index >= 15 is 0 Å². The summed E-state index contributed by atoms with van der Waals surface area (Å²) < 4.78 is 0. The molecule has 6 heteroatoms. The van der Waals surface area contributed by atoms with Crippen LogP contribution < -0.4 is 5.32 Å². The lowest BCUT2D eigenvalue weighted by molar-refractivity contribution is -0.114. The second-order valence-electron chi connectivity index (χ2n) is 6.79. The second kappa shape index (κ2) is 8.47. The van der Waals surface area contributed by atoms with E-state index in [2.05, 4.69) is 41.5 Å². The third-order valence-corrected chi connectivity index (χ3v) is 5.65. The van der Waals surface area contributed by atoms with Gasteiger partial charge in [-0.25, -0.2) is 0 Å². The summed E-state index contributed by atoms with van der Waals surface area (Å²) in [5.41, 5.74) is 1.90. The highest BCUT2D eigenvalue weighted by Crippen LogP contribution is 2.26. The van der Waals surface area contributed by atoms with Crippen molar-refractivity contribution in [3.05, 3.63) is 52.2 Å². The molecule has 138 valence electrons. The van der Waals surface area contributed by atoms with Crippen molar-refractivity contribution in [2.75, 3.05) is 25.5 Å². The van der Waals surface area contributed by atoms with Crippen LogP contribution in [0.5, 0.6) is 0 Å². The lowest BCUT2D eigenvalue weighted by Gasteiger charge is -2.37. The van der Waals surface area contributed by atoms with Crippen LogP contribution in [0.1, 0.15) is 35.0 Å². The molecule has 2 heterocycles. The number of hydrogen-bond donors (Lipinski definition) is 1. The zero-order valence-electron chi connectivity index (χ0n) is 15.3. The lowest BCUT2D eigenvalue weighted by Crippen LogP contribution is -2.48. The molecule has 0 aliphatic carbocycles. The first-order chi connectivity index (χ1) is 12.5. The third kappa shape index (κ3) is 4.51. The molecule has 26 heavy (non-hydrogen) atoms. The van der Waals surface area contributed by atoms with Gasteiger partial charge in [-0.1, -0.05) is 30.3 Å². The van der Waals surface area contributed by atoms with Crippen LogP contribution in [-0.2, 0) is 11.3 Å². The number of likely N-dealkylation sites (tertiary alicyclic amines) is 1. The monoisotopic (exact) mass is 371 g/mol. The molecule has 1 aromatic carbocycles. The lowest BCUT2D eigenvalue weighted by atomic mass is 10.0. The Morgan fingerprint density at radius 3 is 2.77 bits per heavy atom. The number of likely N-dealkylation sites (N-methyl/N-ethyl adjacent to an activating group) is 1. The smallest absolute Gasteiger partial charge is 0.266 e. The first-order valence-corrected chi connectivity index (χ1v) is 9.81. The summed E-state index contributed by atoms with van der Waals surface area (Å²) in [5.74, 6) is -0.141. The predicted molar refractivity (Wildman–Crippen MR) is 105 cm³/mol. The average Bonchev–Trinajstić information content (AvgIpc) is 3.09. The first-order valence-electron chi connectivity index (χ1n) is 8.93. The average molecular weight is 372 g/mol. The minimum atomic E-state index is -0.156. The van der Waals surface area contributed by atoms with Gasteiger partial charge in [0.25, 0.3) is 5.91 Å². The van der Waals surface area contributed by atoms with Crippen molar-refractivity contribution in [1.82, 2.24) is 9.80 Å². The Balaban J connectivity index is 1.65. The first kappa shape index (κ1) is 18.6. The highest BCUT2D eigenvalue weighted by atomic mass is 32.1. The van der Waals surface area contributed by atoms with Crippen molar-refractivity contribution in [3.8, 4) is 0 Å². The van der Waals surface area contributed by atoms with Crippen LogP contribution >= 0.6 is 11.3 Å². The summed E-state index contributed by atoms with van der Waals surface area (Å²) in [4.78, 5) is 29.2. The molecule has 0 saturated carbocycles. The molecule has 1 fully saturated rings. The number of hydrogen-bond acceptors (Lipinski definition) is 4. The van der Waals surface area contributed by atoms with Crippen LogP contribution in [0.2, 0.25) is 0 Å². The van der Waals surface area contributed by atoms with Crippen molar-refractivity contribution in [2.24, 2.45) is 0 Å². The molecule has 1 aromatic heterocycles. The van der Waals surface area contributed by atoms with Crippen LogP contribution in [0.3, 0.4) is 0 Å². The number of amides is 2. The number of nitrogens with one attached hydrogen (secondary N) is 1. The molecule has 2 aromatic rings. The molecule has 1 aliphatic rings. The van der Waals surface area contributed by atoms with Gasteiger partial charge in [-0.2, -0.15) is 0 Å². The van der Waals surface area contributed by atoms with Crippen molar-refractivity contribution in [2.45, 2.75) is 32.4 Å². The maximum absolute atomic E-state index is 13.0. The fourth-order valence-corrected chi connectivity index (χ4v) is 4.22. The van der Waals surface area contributed by atoms with E-state index in [1.165, 1.54) is 23.8 Å². The molecule has 2 amide bonds. The standard InChI is InChI=1S/C20H25N3O2S/c1-15(24)21-18-10-12-26-19(18)20(25)23-11-6-9-17(14-23)22(2)13-16-7-4-3-5-8-16/h3-5,7-8,10,12,17H,6,9,11,13-14H2,1-2H3,(H,21,24)/t17-/m0/s1. The summed E-state index contributed by atoms with van der Waals surface area (Å²) in [6, 6.07) is 12.5. The molecule has 0 spiro atoms. The molecular formula is C20H25N3O2S. The van der Waals surface area contributed by atoms with Gasteiger partial charge in [0, 0.05) is 32.6 Å². The SMILES string of the molecule is CC(=O)Nc1ccsc1C(=O)N1CCC[C@H](N(C)Cc2ccccc2)C1. The molecule has 0 unspecified atom stereocenters. The van der Waals surface area contributed by atoms with E-state index in [-0.39, 0.29) is 11.8 Å². The van der Waals surface area contributed by atoms with E-state index in [4.69, 9.17) is 0 Å². The van der Waals surface area contributed by atoms with Gasteiger partial charge >= 0.3 is 0 Å². The molecule has 1 N–H and O–H groups in total. The number of thiophene rings is 1. The van der Waals surface area contributed by atoms with E-state index in [0.29, 0.717) is 16.6 Å². The molecule has 0 radical (unpaired) electrons. The topological polar surface area (TPSA) is 52.7 Å². The molecule has 5 nitrogen and oxygen atoms in total. The van der Waals surface area contributed by atoms with Crippen molar-refractivity contribution in [3.63, 3.8) is 0 Å². The van der Waals surface area contributed by atoms with Gasteiger partial charge in [0.1, 0.15) is 4.88 Å². The maximum Gasteiger partial charge on any atom is 0.266 e. The third-order valence-electron chi connectivity index (χ3n) is 4.75. The van der Waals surface area contributed by atoms with Gasteiger partial charge in [-0.15, -0.1) is 11.3 Å². The minimum Gasteiger partial charge on any atom is -0.336 e. The minimum absolute atomic E-state index is 0.0153. The molecule has 1 atom stereocenters. The number of piperidine rings is 1. The summed E-state index contributed by atoms with van der Waals surface area (Å²) in [6.45, 7) is 3.83. The van der Waals surface area contributed by atoms with E-state index in [9.17, 15) is 9.59 Å². The maximum atomic E-state index is 13.0. The zero-order chi connectivity index (χ0) is 18.5. The Hall–Kier alpha value is -2.18. The largest absolute Gasteiger partial charge is 0.336 e. The Labute approximate surface area is 158 Å². The van der Waals surface area contributed by atoms with Gasteiger partial charge in [0.15, 0.2) is 0 Å².